The van der Waals surface area contributed by atoms with E-state index in [-0.39, 0.29) is 12.5 Å². The number of nitriles is 1. The number of carbonyl (C=O) groups is 1. The molecule has 0 saturated heterocycles. The molecule has 0 fully saturated rings. The van der Waals surface area contributed by atoms with Gasteiger partial charge in [0, 0.05) is 12.1 Å². The maximum absolute atomic E-state index is 12.8. The Morgan fingerprint density at radius 3 is 2.79 bits per heavy atom. The van der Waals surface area contributed by atoms with Crippen molar-refractivity contribution in [2.45, 2.75) is 26.4 Å². The fraction of sp³-hybridized carbons (Fsp3) is 0.263. The van der Waals surface area contributed by atoms with Gasteiger partial charge >= 0.3 is 0 Å². The fourth-order valence-electron chi connectivity index (χ4n) is 2.92. The van der Waals surface area contributed by atoms with Gasteiger partial charge < -0.3 is 10.5 Å². The highest BCUT2D eigenvalue weighted by atomic mass is 16.5. The van der Waals surface area contributed by atoms with Crippen LogP contribution in [0.25, 0.3) is 0 Å². The highest BCUT2D eigenvalue weighted by molar-refractivity contribution is 6.01. The third kappa shape index (κ3) is 2.91. The van der Waals surface area contributed by atoms with Gasteiger partial charge in [-0.1, -0.05) is 23.8 Å². The van der Waals surface area contributed by atoms with Crippen LogP contribution in [0.2, 0.25) is 0 Å². The number of fused-ring (bicyclic) bond motifs is 1. The molecular formula is C19H19N3O2. The number of nitrogens with two attached hydrogens (primary N) is 1. The standard InChI is InChI=1S/C19H19N3O2/c1-12-3-4-13(2)14(9-12)10-18-19(23)22(8-7-20)16-11-15(21)5-6-17(16)24-18/h3-6,9,11,18H,8,10,21H2,1-2H3. The lowest BCUT2D eigenvalue weighted by molar-refractivity contribution is -0.126. The number of hydrogen-bond acceptors (Lipinski definition) is 4. The molecule has 2 N–H and O–H groups in total. The van der Waals surface area contributed by atoms with Crippen molar-refractivity contribution in [2.24, 2.45) is 0 Å². The molecule has 1 aliphatic rings. The SMILES string of the molecule is Cc1ccc(C)c(CC2Oc3ccc(N)cc3N(CC#N)C2=O)c1. The van der Waals surface area contributed by atoms with Crippen molar-refractivity contribution in [3.05, 3.63) is 53.1 Å². The van der Waals surface area contributed by atoms with Crippen molar-refractivity contribution in [3.8, 4) is 11.8 Å². The van der Waals surface area contributed by atoms with Gasteiger partial charge in [0.25, 0.3) is 5.91 Å². The number of benzene rings is 2. The van der Waals surface area contributed by atoms with Crippen molar-refractivity contribution in [3.63, 3.8) is 0 Å². The predicted octanol–water partition coefficient (Wildman–Crippen LogP) is 2.75. The molecule has 2 aromatic carbocycles. The average molecular weight is 321 g/mol. The molecule has 0 aromatic heterocycles. The van der Waals surface area contributed by atoms with E-state index in [2.05, 4.69) is 6.07 Å². The van der Waals surface area contributed by atoms with Crippen LogP contribution in [0.5, 0.6) is 5.75 Å². The first-order valence-electron chi connectivity index (χ1n) is 7.80. The molecule has 0 spiro atoms. The average Bonchev–Trinajstić information content (AvgIpc) is 2.55. The van der Waals surface area contributed by atoms with E-state index in [1.165, 1.54) is 4.90 Å². The highest BCUT2D eigenvalue weighted by Gasteiger charge is 2.34. The molecule has 24 heavy (non-hydrogen) atoms. The summed E-state index contributed by atoms with van der Waals surface area (Å²) < 4.78 is 5.92. The van der Waals surface area contributed by atoms with Crippen LogP contribution in [-0.4, -0.2) is 18.6 Å². The number of amides is 1. The third-order valence-electron chi connectivity index (χ3n) is 4.22. The highest BCUT2D eigenvalue weighted by Crippen LogP contribution is 2.36. The zero-order chi connectivity index (χ0) is 17.3. The summed E-state index contributed by atoms with van der Waals surface area (Å²) in [5.41, 5.74) is 10.2. The van der Waals surface area contributed by atoms with Crippen LogP contribution in [0.1, 0.15) is 16.7 Å². The molecule has 3 rings (SSSR count). The Bertz CT molecular complexity index is 839. The zero-order valence-electron chi connectivity index (χ0n) is 13.7. The summed E-state index contributed by atoms with van der Waals surface area (Å²) in [6, 6.07) is 13.3. The summed E-state index contributed by atoms with van der Waals surface area (Å²) in [7, 11) is 0. The molecule has 1 atom stereocenters. The van der Waals surface area contributed by atoms with E-state index in [0.29, 0.717) is 23.5 Å². The van der Waals surface area contributed by atoms with Crippen LogP contribution in [0.4, 0.5) is 11.4 Å². The van der Waals surface area contributed by atoms with Crippen LogP contribution in [0.15, 0.2) is 36.4 Å². The van der Waals surface area contributed by atoms with Crippen LogP contribution in [0, 0.1) is 25.2 Å². The van der Waals surface area contributed by atoms with Crippen molar-refractivity contribution in [1.82, 2.24) is 0 Å². The lowest BCUT2D eigenvalue weighted by Gasteiger charge is -2.33. The van der Waals surface area contributed by atoms with E-state index in [4.69, 9.17) is 15.7 Å². The Kier molecular flexibility index (Phi) is 4.13. The molecule has 5 heteroatoms. The van der Waals surface area contributed by atoms with Crippen LogP contribution >= 0.6 is 0 Å². The Morgan fingerprint density at radius 2 is 2.04 bits per heavy atom. The summed E-state index contributed by atoms with van der Waals surface area (Å²) in [4.78, 5) is 14.2. The second-order valence-corrected chi connectivity index (χ2v) is 6.05. The minimum Gasteiger partial charge on any atom is -0.478 e. The predicted molar refractivity (Wildman–Crippen MR) is 92.9 cm³/mol. The summed E-state index contributed by atoms with van der Waals surface area (Å²) in [6.45, 7) is 4.01. The van der Waals surface area contributed by atoms with Gasteiger partial charge in [0.2, 0.25) is 0 Å². The van der Waals surface area contributed by atoms with Crippen LogP contribution in [0.3, 0.4) is 0 Å². The number of ether oxygens (including phenoxy) is 1. The largest absolute Gasteiger partial charge is 0.478 e. The van der Waals surface area contributed by atoms with Crippen molar-refractivity contribution >= 4 is 17.3 Å². The molecule has 5 nitrogen and oxygen atoms in total. The molecule has 0 radical (unpaired) electrons. The first kappa shape index (κ1) is 15.9. The van der Waals surface area contributed by atoms with E-state index < -0.39 is 6.10 Å². The molecule has 1 aliphatic heterocycles. The van der Waals surface area contributed by atoms with Crippen molar-refractivity contribution in [2.75, 3.05) is 17.2 Å². The lowest BCUT2D eigenvalue weighted by Crippen LogP contribution is -2.47. The molecule has 2 aromatic rings. The molecule has 1 amide bonds. The summed E-state index contributed by atoms with van der Waals surface area (Å²) >= 11 is 0. The monoisotopic (exact) mass is 321 g/mol. The van der Waals surface area contributed by atoms with E-state index in [0.717, 1.165) is 16.7 Å². The van der Waals surface area contributed by atoms with Gasteiger partial charge in [-0.3, -0.25) is 9.69 Å². The number of anilines is 2. The number of carbonyl (C=O) groups excluding carboxylic acids is 1. The second kappa shape index (κ2) is 6.25. The van der Waals surface area contributed by atoms with Gasteiger partial charge in [-0.2, -0.15) is 5.26 Å². The van der Waals surface area contributed by atoms with E-state index in [1.807, 2.05) is 32.0 Å². The molecular weight excluding hydrogens is 302 g/mol. The minimum absolute atomic E-state index is 0.0258. The Labute approximate surface area is 141 Å². The zero-order valence-corrected chi connectivity index (χ0v) is 13.7. The topological polar surface area (TPSA) is 79.3 Å². The van der Waals surface area contributed by atoms with E-state index in [1.54, 1.807) is 18.2 Å². The minimum atomic E-state index is -0.644. The van der Waals surface area contributed by atoms with Gasteiger partial charge in [-0.15, -0.1) is 0 Å². The molecule has 1 heterocycles. The smallest absolute Gasteiger partial charge is 0.269 e. The Hall–Kier alpha value is -3.00. The van der Waals surface area contributed by atoms with Gasteiger partial charge in [0.05, 0.1) is 11.8 Å². The fourth-order valence-corrected chi connectivity index (χ4v) is 2.92. The number of nitrogen functional groups attached to an aromatic ring is 1. The maximum Gasteiger partial charge on any atom is 0.269 e. The molecule has 0 saturated carbocycles. The van der Waals surface area contributed by atoms with Crippen molar-refractivity contribution < 1.29 is 9.53 Å². The lowest BCUT2D eigenvalue weighted by atomic mass is 9.98. The first-order valence-corrected chi connectivity index (χ1v) is 7.80. The molecule has 0 aliphatic carbocycles. The third-order valence-corrected chi connectivity index (χ3v) is 4.22. The van der Waals surface area contributed by atoms with Gasteiger partial charge in [0.15, 0.2) is 6.10 Å². The number of aryl methyl sites for hydroxylation is 2. The summed E-state index contributed by atoms with van der Waals surface area (Å²) in [5, 5.41) is 9.07. The van der Waals surface area contributed by atoms with Crippen LogP contribution < -0.4 is 15.4 Å². The van der Waals surface area contributed by atoms with Crippen molar-refractivity contribution in [1.29, 1.82) is 5.26 Å². The summed E-state index contributed by atoms with van der Waals surface area (Å²) in [6.07, 6.45) is -0.173. The quantitative estimate of drug-likeness (QED) is 0.696. The van der Waals surface area contributed by atoms with E-state index in [9.17, 15) is 4.79 Å². The van der Waals surface area contributed by atoms with Gasteiger partial charge in [0.1, 0.15) is 12.3 Å². The number of nitrogens with zero attached hydrogens (tertiary/aromatic N) is 2. The maximum atomic E-state index is 12.8. The van der Waals surface area contributed by atoms with Gasteiger partial charge in [-0.25, -0.2) is 0 Å². The Balaban J connectivity index is 1.96. The molecule has 0 bridgehead atoms. The molecule has 1 unspecified atom stereocenters. The number of hydrogen-bond donors (Lipinski definition) is 1. The molecule has 122 valence electrons. The first-order chi connectivity index (χ1) is 11.5. The number of rotatable bonds is 3. The second-order valence-electron chi connectivity index (χ2n) is 6.05. The Morgan fingerprint density at radius 1 is 1.25 bits per heavy atom. The van der Waals surface area contributed by atoms with E-state index >= 15 is 0 Å². The van der Waals surface area contributed by atoms with Crippen LogP contribution in [-0.2, 0) is 11.2 Å². The normalized spacial score (nSPS) is 16.3. The summed E-state index contributed by atoms with van der Waals surface area (Å²) in [5.74, 6) is 0.366. The van der Waals surface area contributed by atoms with Gasteiger partial charge in [-0.05, 0) is 43.2 Å².